The molecule has 0 spiro atoms. The number of hydrogen-bond acceptors (Lipinski definition) is 2. The van der Waals surface area contributed by atoms with E-state index in [0.717, 1.165) is 0 Å². The second kappa shape index (κ2) is 4.49. The first-order valence-electron chi connectivity index (χ1n) is 4.87. The molecule has 0 saturated carbocycles. The summed E-state index contributed by atoms with van der Waals surface area (Å²) in [5.41, 5.74) is 0. The van der Waals surface area contributed by atoms with Crippen LogP contribution in [-0.2, 0) is 0 Å². The third kappa shape index (κ3) is 3.84. The van der Waals surface area contributed by atoms with E-state index in [2.05, 4.69) is 0 Å². The average Bonchev–Trinajstić information content (AvgIpc) is 2.00. The van der Waals surface area contributed by atoms with Gasteiger partial charge in [0.2, 0.25) is 0 Å². The average molecular weight is 211 g/mol. The monoisotopic (exact) mass is 211 g/mol. The Balaban J connectivity index is 2.31. The normalized spacial score (nSPS) is 30.6. The number of halogens is 3. The summed E-state index contributed by atoms with van der Waals surface area (Å²) in [7, 11) is 0. The number of alkyl halides is 3. The van der Waals surface area contributed by atoms with Gasteiger partial charge in [-0.25, -0.2) is 0 Å². The van der Waals surface area contributed by atoms with Crippen molar-refractivity contribution >= 4 is 0 Å². The van der Waals surface area contributed by atoms with Gasteiger partial charge < -0.3 is 10.0 Å². The van der Waals surface area contributed by atoms with Crippen molar-refractivity contribution in [1.29, 1.82) is 0 Å². The van der Waals surface area contributed by atoms with Crippen LogP contribution < -0.4 is 0 Å². The molecule has 2 unspecified atom stereocenters. The van der Waals surface area contributed by atoms with E-state index in [0.29, 0.717) is 19.4 Å². The van der Waals surface area contributed by atoms with Crippen LogP contribution in [0.2, 0.25) is 0 Å². The molecule has 0 aromatic carbocycles. The predicted octanol–water partition coefficient (Wildman–Crippen LogP) is 1.78. The molecule has 0 aromatic heterocycles. The van der Waals surface area contributed by atoms with Gasteiger partial charge in [-0.2, -0.15) is 13.2 Å². The molecule has 0 amide bonds. The fourth-order valence-electron chi connectivity index (χ4n) is 1.80. The Kier molecular flexibility index (Phi) is 3.78. The second-order valence-corrected chi connectivity index (χ2v) is 3.93. The number of aliphatic hydroxyl groups excluding tert-OH is 1. The number of rotatable bonds is 2. The minimum Gasteiger partial charge on any atom is -0.393 e. The molecular formula is C9H16F3NO. The molecule has 1 N–H and O–H groups in total. The molecule has 1 aliphatic rings. The smallest absolute Gasteiger partial charge is 0.390 e. The standard InChI is InChI=1S/C9H16F3NO/c1-7-6-8(14)2-4-13(7)5-3-9(10,11)12/h7-8,14H,2-6H2,1H3. The maximum atomic E-state index is 11.9. The molecule has 5 heteroatoms. The Hall–Kier alpha value is -0.290. The van der Waals surface area contributed by atoms with E-state index in [-0.39, 0.29) is 18.7 Å². The number of likely N-dealkylation sites (tertiary alicyclic amines) is 1. The summed E-state index contributed by atoms with van der Waals surface area (Å²) < 4.78 is 35.8. The summed E-state index contributed by atoms with van der Waals surface area (Å²) >= 11 is 0. The molecule has 0 radical (unpaired) electrons. The summed E-state index contributed by atoms with van der Waals surface area (Å²) in [5.74, 6) is 0. The van der Waals surface area contributed by atoms with Crippen LogP contribution in [0.15, 0.2) is 0 Å². The molecule has 0 aromatic rings. The lowest BCUT2D eigenvalue weighted by atomic mass is 10.0. The molecule has 0 bridgehead atoms. The molecule has 14 heavy (non-hydrogen) atoms. The Morgan fingerprint density at radius 1 is 1.43 bits per heavy atom. The fourth-order valence-corrected chi connectivity index (χ4v) is 1.80. The minimum absolute atomic E-state index is 0.0530. The van der Waals surface area contributed by atoms with Gasteiger partial charge >= 0.3 is 6.18 Å². The summed E-state index contributed by atoms with van der Waals surface area (Å²) in [6.07, 6.45) is -4.00. The van der Waals surface area contributed by atoms with Crippen molar-refractivity contribution in [1.82, 2.24) is 4.90 Å². The van der Waals surface area contributed by atoms with E-state index in [1.165, 1.54) is 0 Å². The summed E-state index contributed by atoms with van der Waals surface area (Å²) in [4.78, 5) is 1.79. The van der Waals surface area contributed by atoms with Gasteiger partial charge in [-0.3, -0.25) is 0 Å². The van der Waals surface area contributed by atoms with Crippen molar-refractivity contribution in [2.45, 2.75) is 44.5 Å². The van der Waals surface area contributed by atoms with Crippen molar-refractivity contribution in [3.63, 3.8) is 0 Å². The first-order valence-corrected chi connectivity index (χ1v) is 4.87. The highest BCUT2D eigenvalue weighted by Gasteiger charge is 2.30. The van der Waals surface area contributed by atoms with Gasteiger partial charge in [0.05, 0.1) is 12.5 Å². The maximum absolute atomic E-state index is 11.9. The van der Waals surface area contributed by atoms with E-state index < -0.39 is 12.6 Å². The number of hydrogen-bond donors (Lipinski definition) is 1. The molecule has 1 heterocycles. The van der Waals surface area contributed by atoms with Crippen molar-refractivity contribution in [3.8, 4) is 0 Å². The predicted molar refractivity (Wildman–Crippen MR) is 46.9 cm³/mol. The molecule has 1 saturated heterocycles. The first kappa shape index (κ1) is 11.8. The Morgan fingerprint density at radius 2 is 2.07 bits per heavy atom. The van der Waals surface area contributed by atoms with E-state index in [1.54, 1.807) is 4.90 Å². The Labute approximate surface area is 81.7 Å². The minimum atomic E-state index is -4.07. The van der Waals surface area contributed by atoms with Gasteiger partial charge in [-0.15, -0.1) is 0 Å². The van der Waals surface area contributed by atoms with Crippen LogP contribution in [0.3, 0.4) is 0 Å². The lowest BCUT2D eigenvalue weighted by molar-refractivity contribution is -0.140. The quantitative estimate of drug-likeness (QED) is 0.752. The van der Waals surface area contributed by atoms with Crippen LogP contribution in [0.1, 0.15) is 26.2 Å². The van der Waals surface area contributed by atoms with Crippen LogP contribution in [0, 0.1) is 0 Å². The van der Waals surface area contributed by atoms with Crippen LogP contribution in [0.5, 0.6) is 0 Å². The molecule has 84 valence electrons. The van der Waals surface area contributed by atoms with E-state index >= 15 is 0 Å². The maximum Gasteiger partial charge on any atom is 0.390 e. The number of piperidine rings is 1. The van der Waals surface area contributed by atoms with Crippen molar-refractivity contribution in [3.05, 3.63) is 0 Å². The molecular weight excluding hydrogens is 195 g/mol. The van der Waals surface area contributed by atoms with Crippen LogP contribution in [0.4, 0.5) is 13.2 Å². The zero-order valence-corrected chi connectivity index (χ0v) is 8.22. The third-order valence-corrected chi connectivity index (χ3v) is 2.67. The van der Waals surface area contributed by atoms with Crippen molar-refractivity contribution in [2.24, 2.45) is 0 Å². The summed E-state index contributed by atoms with van der Waals surface area (Å²) in [6, 6.07) is 0.0566. The molecule has 1 rings (SSSR count). The van der Waals surface area contributed by atoms with Crippen molar-refractivity contribution < 1.29 is 18.3 Å². The van der Waals surface area contributed by atoms with Gasteiger partial charge in [0.15, 0.2) is 0 Å². The van der Waals surface area contributed by atoms with E-state index in [1.807, 2.05) is 6.92 Å². The SMILES string of the molecule is CC1CC(O)CCN1CCC(F)(F)F. The van der Waals surface area contributed by atoms with Gasteiger partial charge in [0.25, 0.3) is 0 Å². The van der Waals surface area contributed by atoms with Gasteiger partial charge in [-0.1, -0.05) is 0 Å². The number of nitrogens with zero attached hydrogens (tertiary/aromatic N) is 1. The molecule has 0 aliphatic carbocycles. The zero-order valence-electron chi connectivity index (χ0n) is 8.22. The van der Waals surface area contributed by atoms with E-state index in [4.69, 9.17) is 0 Å². The highest BCUT2D eigenvalue weighted by Crippen LogP contribution is 2.23. The second-order valence-electron chi connectivity index (χ2n) is 3.93. The summed E-state index contributed by atoms with van der Waals surface area (Å²) in [6.45, 7) is 2.48. The third-order valence-electron chi connectivity index (χ3n) is 2.67. The highest BCUT2D eigenvalue weighted by atomic mass is 19.4. The fraction of sp³-hybridized carbons (Fsp3) is 1.00. The molecule has 2 atom stereocenters. The Bertz CT molecular complexity index is 183. The van der Waals surface area contributed by atoms with Gasteiger partial charge in [-0.05, 0) is 19.8 Å². The topological polar surface area (TPSA) is 23.5 Å². The highest BCUT2D eigenvalue weighted by molar-refractivity contribution is 4.78. The largest absolute Gasteiger partial charge is 0.393 e. The van der Waals surface area contributed by atoms with Gasteiger partial charge in [0.1, 0.15) is 0 Å². The van der Waals surface area contributed by atoms with Crippen LogP contribution >= 0.6 is 0 Å². The van der Waals surface area contributed by atoms with Crippen molar-refractivity contribution in [2.75, 3.05) is 13.1 Å². The first-order chi connectivity index (χ1) is 6.38. The van der Waals surface area contributed by atoms with E-state index in [9.17, 15) is 18.3 Å². The van der Waals surface area contributed by atoms with Crippen LogP contribution in [-0.4, -0.2) is 41.4 Å². The Morgan fingerprint density at radius 3 is 2.57 bits per heavy atom. The molecule has 1 aliphatic heterocycles. The zero-order chi connectivity index (χ0) is 10.8. The molecule has 1 fully saturated rings. The van der Waals surface area contributed by atoms with Gasteiger partial charge in [0, 0.05) is 19.1 Å². The van der Waals surface area contributed by atoms with Crippen LogP contribution in [0.25, 0.3) is 0 Å². The lowest BCUT2D eigenvalue weighted by Crippen LogP contribution is -2.43. The lowest BCUT2D eigenvalue weighted by Gasteiger charge is -2.35. The molecule has 2 nitrogen and oxygen atoms in total. The number of aliphatic hydroxyl groups is 1. The summed E-state index contributed by atoms with van der Waals surface area (Å²) in [5, 5.41) is 9.28.